The molecule has 6 nitrogen and oxygen atoms in total. The number of fused-ring (bicyclic) bond motifs is 1. The van der Waals surface area contributed by atoms with Gasteiger partial charge in [0.2, 0.25) is 11.9 Å². The highest BCUT2D eigenvalue weighted by molar-refractivity contribution is 5.83. The van der Waals surface area contributed by atoms with Gasteiger partial charge < -0.3 is 9.73 Å². The molecule has 2 aromatic carbocycles. The second-order valence-electron chi connectivity index (χ2n) is 6.23. The average Bonchev–Trinajstić information content (AvgIpc) is 3.33. The van der Waals surface area contributed by atoms with E-state index in [2.05, 4.69) is 5.32 Å². The lowest BCUT2D eigenvalue weighted by Crippen LogP contribution is -2.31. The fourth-order valence-corrected chi connectivity index (χ4v) is 3.05. The molecule has 1 fully saturated rings. The van der Waals surface area contributed by atoms with Crippen molar-refractivity contribution in [3.05, 3.63) is 82.1 Å². The van der Waals surface area contributed by atoms with E-state index < -0.39 is 18.0 Å². The standard InChI is InChI=1S/C19H16N2O4/c22-19(14-11-15(14)21(23)24)20-18(12-6-2-1-3-7-12)17-10-13-8-4-5-9-16(13)25-17/h1-10,14-15,18H,11H2,(H,20,22)/t14-,15-,18+/m0/s1. The van der Waals surface area contributed by atoms with E-state index in [-0.39, 0.29) is 10.8 Å². The van der Waals surface area contributed by atoms with Crippen LogP contribution in [0.1, 0.15) is 23.8 Å². The van der Waals surface area contributed by atoms with Crippen molar-refractivity contribution < 1.29 is 14.1 Å². The van der Waals surface area contributed by atoms with Crippen molar-refractivity contribution in [1.29, 1.82) is 0 Å². The number of hydrogen-bond donors (Lipinski definition) is 1. The van der Waals surface area contributed by atoms with Gasteiger partial charge in [-0.1, -0.05) is 48.5 Å². The lowest BCUT2D eigenvalue weighted by Gasteiger charge is -2.17. The van der Waals surface area contributed by atoms with E-state index in [4.69, 9.17) is 4.42 Å². The summed E-state index contributed by atoms with van der Waals surface area (Å²) in [5.41, 5.74) is 1.61. The Bertz CT molecular complexity index is 902. The minimum absolute atomic E-state index is 0.292. The molecule has 3 atom stereocenters. The summed E-state index contributed by atoms with van der Waals surface area (Å²) in [6.45, 7) is 0. The molecule has 4 rings (SSSR count). The Morgan fingerprint density at radius 3 is 2.56 bits per heavy atom. The molecule has 0 aliphatic heterocycles. The topological polar surface area (TPSA) is 85.4 Å². The van der Waals surface area contributed by atoms with Crippen molar-refractivity contribution in [3.63, 3.8) is 0 Å². The Morgan fingerprint density at radius 2 is 1.88 bits per heavy atom. The Labute approximate surface area is 143 Å². The van der Waals surface area contributed by atoms with E-state index in [1.807, 2.05) is 60.7 Å². The predicted molar refractivity (Wildman–Crippen MR) is 91.5 cm³/mol. The van der Waals surface area contributed by atoms with Gasteiger partial charge in [-0.2, -0.15) is 0 Å². The summed E-state index contributed by atoms with van der Waals surface area (Å²) in [4.78, 5) is 22.9. The molecule has 1 heterocycles. The summed E-state index contributed by atoms with van der Waals surface area (Å²) in [6.07, 6.45) is 0.292. The number of nitrogens with one attached hydrogen (secondary N) is 1. The summed E-state index contributed by atoms with van der Waals surface area (Å²) >= 11 is 0. The van der Waals surface area contributed by atoms with E-state index in [1.54, 1.807) is 0 Å². The summed E-state index contributed by atoms with van der Waals surface area (Å²) < 4.78 is 5.91. The SMILES string of the molecule is O=C(N[C@H](c1ccccc1)c1cc2ccccc2o1)[C@H]1C[C@@H]1[N+](=O)[O-]. The van der Waals surface area contributed by atoms with Gasteiger partial charge in [0.15, 0.2) is 0 Å². The largest absolute Gasteiger partial charge is 0.459 e. The molecule has 0 radical (unpaired) electrons. The third kappa shape index (κ3) is 2.98. The van der Waals surface area contributed by atoms with Gasteiger partial charge in [0.05, 0.1) is 0 Å². The van der Waals surface area contributed by atoms with Gasteiger partial charge in [0.1, 0.15) is 23.3 Å². The molecule has 0 saturated heterocycles. The number of carbonyl (C=O) groups excluding carboxylic acids is 1. The smallest absolute Gasteiger partial charge is 0.231 e. The first kappa shape index (κ1) is 15.4. The van der Waals surface area contributed by atoms with Crippen molar-refractivity contribution >= 4 is 16.9 Å². The van der Waals surface area contributed by atoms with Crippen LogP contribution in [0.5, 0.6) is 0 Å². The van der Waals surface area contributed by atoms with Crippen molar-refractivity contribution in [2.24, 2.45) is 5.92 Å². The van der Waals surface area contributed by atoms with E-state index in [0.717, 1.165) is 16.5 Å². The molecule has 1 amide bonds. The van der Waals surface area contributed by atoms with E-state index in [9.17, 15) is 14.9 Å². The first-order chi connectivity index (χ1) is 12.1. The van der Waals surface area contributed by atoms with Crippen molar-refractivity contribution in [2.75, 3.05) is 0 Å². The fraction of sp³-hybridized carbons (Fsp3) is 0.211. The second-order valence-corrected chi connectivity index (χ2v) is 6.23. The highest BCUT2D eigenvalue weighted by atomic mass is 16.6. The molecule has 3 aromatic rings. The number of furan rings is 1. The average molecular weight is 336 g/mol. The Morgan fingerprint density at radius 1 is 1.16 bits per heavy atom. The molecule has 0 unspecified atom stereocenters. The number of amides is 1. The van der Waals surface area contributed by atoms with E-state index in [0.29, 0.717) is 12.2 Å². The van der Waals surface area contributed by atoms with Crippen molar-refractivity contribution in [3.8, 4) is 0 Å². The highest BCUT2D eigenvalue weighted by Crippen LogP contribution is 2.35. The number of rotatable bonds is 5. The third-order valence-electron chi connectivity index (χ3n) is 4.51. The monoisotopic (exact) mass is 336 g/mol. The van der Waals surface area contributed by atoms with Crippen LogP contribution in [-0.2, 0) is 4.79 Å². The van der Waals surface area contributed by atoms with Crippen LogP contribution in [0.4, 0.5) is 0 Å². The van der Waals surface area contributed by atoms with Crippen molar-refractivity contribution in [1.82, 2.24) is 5.32 Å². The van der Waals surface area contributed by atoms with E-state index >= 15 is 0 Å². The molecule has 25 heavy (non-hydrogen) atoms. The van der Waals surface area contributed by atoms with Gasteiger partial charge in [-0.25, -0.2) is 0 Å². The Hall–Kier alpha value is -3.15. The van der Waals surface area contributed by atoms with Gasteiger partial charge >= 0.3 is 0 Å². The van der Waals surface area contributed by atoms with Gasteiger partial charge in [-0.15, -0.1) is 0 Å². The molecular formula is C19H16N2O4. The number of hydrogen-bond acceptors (Lipinski definition) is 4. The summed E-state index contributed by atoms with van der Waals surface area (Å²) in [5.74, 6) is -0.263. The van der Waals surface area contributed by atoms with Gasteiger partial charge in [0, 0.05) is 16.7 Å². The first-order valence-electron chi connectivity index (χ1n) is 8.11. The molecule has 0 spiro atoms. The Kier molecular flexibility index (Phi) is 3.72. The molecule has 1 aliphatic carbocycles. The molecule has 1 saturated carbocycles. The lowest BCUT2D eigenvalue weighted by atomic mass is 10.0. The zero-order valence-electron chi connectivity index (χ0n) is 13.3. The summed E-state index contributed by atoms with van der Waals surface area (Å²) in [5, 5.41) is 14.7. The molecule has 6 heteroatoms. The number of para-hydroxylation sites is 1. The van der Waals surface area contributed by atoms with Crippen LogP contribution in [0.15, 0.2) is 65.1 Å². The molecule has 1 aromatic heterocycles. The van der Waals surface area contributed by atoms with Crippen LogP contribution in [-0.4, -0.2) is 16.9 Å². The van der Waals surface area contributed by atoms with Gasteiger partial charge in [-0.05, 0) is 17.7 Å². The fourth-order valence-electron chi connectivity index (χ4n) is 3.05. The van der Waals surface area contributed by atoms with Crippen LogP contribution < -0.4 is 5.32 Å². The van der Waals surface area contributed by atoms with Crippen LogP contribution in [0.25, 0.3) is 11.0 Å². The number of nitro groups is 1. The minimum Gasteiger partial charge on any atom is -0.459 e. The Balaban J connectivity index is 1.65. The van der Waals surface area contributed by atoms with Crippen molar-refractivity contribution in [2.45, 2.75) is 18.5 Å². The number of benzene rings is 2. The molecular weight excluding hydrogens is 320 g/mol. The third-order valence-corrected chi connectivity index (χ3v) is 4.51. The maximum Gasteiger partial charge on any atom is 0.231 e. The summed E-state index contributed by atoms with van der Waals surface area (Å²) in [6, 6.07) is 17.7. The first-order valence-corrected chi connectivity index (χ1v) is 8.11. The molecule has 0 bridgehead atoms. The normalized spacial score (nSPS) is 20.2. The van der Waals surface area contributed by atoms with Crippen LogP contribution in [0, 0.1) is 16.0 Å². The highest BCUT2D eigenvalue weighted by Gasteiger charge is 2.53. The van der Waals surface area contributed by atoms with Gasteiger partial charge in [-0.3, -0.25) is 14.9 Å². The maximum atomic E-state index is 12.4. The second kappa shape index (κ2) is 6.05. The molecule has 126 valence electrons. The van der Waals surface area contributed by atoms with Crippen LogP contribution in [0.2, 0.25) is 0 Å². The van der Waals surface area contributed by atoms with E-state index in [1.165, 1.54) is 0 Å². The lowest BCUT2D eigenvalue weighted by molar-refractivity contribution is -0.497. The van der Waals surface area contributed by atoms with Crippen LogP contribution >= 0.6 is 0 Å². The van der Waals surface area contributed by atoms with Crippen LogP contribution in [0.3, 0.4) is 0 Å². The zero-order chi connectivity index (χ0) is 17.4. The quantitative estimate of drug-likeness (QED) is 0.572. The predicted octanol–water partition coefficient (Wildman–Crippen LogP) is 3.30. The minimum atomic E-state index is -0.771. The molecule has 1 aliphatic rings. The zero-order valence-corrected chi connectivity index (χ0v) is 13.3. The number of carbonyl (C=O) groups is 1. The van der Waals surface area contributed by atoms with Gasteiger partial charge in [0.25, 0.3) is 0 Å². The summed E-state index contributed by atoms with van der Waals surface area (Å²) in [7, 11) is 0. The number of nitrogens with zero attached hydrogens (tertiary/aromatic N) is 1. The maximum absolute atomic E-state index is 12.4. The molecule has 1 N–H and O–H groups in total.